The standard InChI is InChI=1S/C21H24Cl3N3O4S/c1-4-25-21(29)14(2)26(12-17-18(23)9-6-10-19(17)24)20(28)13-27(32(3,30)31)16-8-5-7-15(22)11-16/h5-11,14H,4,12-13H2,1-3H3,(H,25,29)/t14-/m0/s1. The minimum atomic E-state index is -3.83. The van der Waals surface area contributed by atoms with Crippen LogP contribution >= 0.6 is 34.8 Å². The van der Waals surface area contributed by atoms with E-state index in [0.717, 1.165) is 10.6 Å². The molecule has 2 aromatic carbocycles. The lowest BCUT2D eigenvalue weighted by molar-refractivity contribution is -0.139. The average molecular weight is 521 g/mol. The van der Waals surface area contributed by atoms with Gasteiger partial charge in [-0.15, -0.1) is 0 Å². The predicted molar refractivity (Wildman–Crippen MR) is 129 cm³/mol. The van der Waals surface area contributed by atoms with Crippen LogP contribution in [-0.4, -0.2) is 50.5 Å². The number of benzene rings is 2. The maximum absolute atomic E-state index is 13.4. The summed E-state index contributed by atoms with van der Waals surface area (Å²) >= 11 is 18.6. The highest BCUT2D eigenvalue weighted by molar-refractivity contribution is 7.92. The number of nitrogens with one attached hydrogen (secondary N) is 1. The molecule has 1 N–H and O–H groups in total. The molecule has 0 saturated heterocycles. The molecule has 11 heteroatoms. The third-order valence-corrected chi connectivity index (χ3v) is 6.77. The van der Waals surface area contributed by atoms with Crippen LogP contribution in [0, 0.1) is 0 Å². The summed E-state index contributed by atoms with van der Waals surface area (Å²) in [6.45, 7) is 3.06. The van der Waals surface area contributed by atoms with Gasteiger partial charge in [-0.05, 0) is 44.2 Å². The number of anilines is 1. The van der Waals surface area contributed by atoms with Crippen LogP contribution in [-0.2, 0) is 26.2 Å². The highest BCUT2D eigenvalue weighted by Crippen LogP contribution is 2.27. The van der Waals surface area contributed by atoms with Gasteiger partial charge in [-0.3, -0.25) is 13.9 Å². The Kier molecular flexibility index (Phi) is 9.21. The van der Waals surface area contributed by atoms with Gasteiger partial charge in [-0.1, -0.05) is 46.9 Å². The first-order valence-electron chi connectivity index (χ1n) is 9.69. The van der Waals surface area contributed by atoms with Crippen molar-refractivity contribution >= 4 is 62.3 Å². The second-order valence-electron chi connectivity index (χ2n) is 7.04. The van der Waals surface area contributed by atoms with Gasteiger partial charge in [0, 0.05) is 33.7 Å². The summed E-state index contributed by atoms with van der Waals surface area (Å²) in [5.74, 6) is -0.997. The van der Waals surface area contributed by atoms with E-state index in [9.17, 15) is 18.0 Å². The second-order valence-corrected chi connectivity index (χ2v) is 10.2. The molecule has 2 aromatic rings. The number of carbonyl (C=O) groups excluding carboxylic acids is 2. The summed E-state index contributed by atoms with van der Waals surface area (Å²) in [5, 5.41) is 3.64. The first-order chi connectivity index (χ1) is 15.0. The minimum absolute atomic E-state index is 0.0806. The molecule has 0 unspecified atom stereocenters. The van der Waals surface area contributed by atoms with E-state index in [1.165, 1.54) is 17.0 Å². The Morgan fingerprint density at radius 2 is 1.66 bits per heavy atom. The fourth-order valence-corrected chi connectivity index (χ4v) is 4.55. The van der Waals surface area contributed by atoms with Crippen molar-refractivity contribution in [2.24, 2.45) is 0 Å². The number of nitrogens with zero attached hydrogens (tertiary/aromatic N) is 2. The predicted octanol–water partition coefficient (Wildman–Crippen LogP) is 3.97. The van der Waals surface area contributed by atoms with E-state index in [1.807, 2.05) is 0 Å². The van der Waals surface area contributed by atoms with Crippen molar-refractivity contribution in [3.05, 3.63) is 63.1 Å². The fourth-order valence-electron chi connectivity index (χ4n) is 3.00. The summed E-state index contributed by atoms with van der Waals surface area (Å²) in [6, 6.07) is 10.2. The lowest BCUT2D eigenvalue weighted by atomic mass is 10.1. The molecule has 0 spiro atoms. The molecule has 32 heavy (non-hydrogen) atoms. The van der Waals surface area contributed by atoms with Gasteiger partial charge in [0.25, 0.3) is 0 Å². The molecule has 0 saturated carbocycles. The SMILES string of the molecule is CCNC(=O)[C@H](C)N(Cc1c(Cl)cccc1Cl)C(=O)CN(c1cccc(Cl)c1)S(C)(=O)=O. The maximum atomic E-state index is 13.4. The zero-order valence-electron chi connectivity index (χ0n) is 17.8. The maximum Gasteiger partial charge on any atom is 0.244 e. The number of halogens is 3. The molecular formula is C21H24Cl3N3O4S. The molecule has 0 aliphatic carbocycles. The van der Waals surface area contributed by atoms with E-state index >= 15 is 0 Å². The summed E-state index contributed by atoms with van der Waals surface area (Å²) in [5.41, 5.74) is 0.684. The molecule has 0 aliphatic heterocycles. The topological polar surface area (TPSA) is 86.8 Å². The minimum Gasteiger partial charge on any atom is -0.355 e. The van der Waals surface area contributed by atoms with Gasteiger partial charge < -0.3 is 10.2 Å². The van der Waals surface area contributed by atoms with Crippen LogP contribution in [0.25, 0.3) is 0 Å². The zero-order valence-corrected chi connectivity index (χ0v) is 20.9. The molecule has 0 radical (unpaired) electrons. The third kappa shape index (κ3) is 6.75. The smallest absolute Gasteiger partial charge is 0.244 e. The number of sulfonamides is 1. The Labute approximate surface area is 203 Å². The summed E-state index contributed by atoms with van der Waals surface area (Å²) < 4.78 is 25.9. The summed E-state index contributed by atoms with van der Waals surface area (Å²) in [4.78, 5) is 27.1. The fraction of sp³-hybridized carbons (Fsp3) is 0.333. The molecule has 0 fully saturated rings. The Morgan fingerprint density at radius 1 is 1.06 bits per heavy atom. The van der Waals surface area contributed by atoms with Gasteiger partial charge in [0.15, 0.2) is 0 Å². The molecule has 2 rings (SSSR count). The van der Waals surface area contributed by atoms with Gasteiger partial charge in [0.05, 0.1) is 11.9 Å². The van der Waals surface area contributed by atoms with Crippen LogP contribution < -0.4 is 9.62 Å². The Morgan fingerprint density at radius 3 is 2.19 bits per heavy atom. The molecule has 0 bridgehead atoms. The van der Waals surface area contributed by atoms with E-state index < -0.39 is 34.4 Å². The van der Waals surface area contributed by atoms with Crippen molar-refractivity contribution in [2.45, 2.75) is 26.4 Å². The van der Waals surface area contributed by atoms with Crippen LogP contribution in [0.5, 0.6) is 0 Å². The molecule has 1 atom stereocenters. The summed E-state index contributed by atoms with van der Waals surface area (Å²) in [6.07, 6.45) is 0.990. The van der Waals surface area contributed by atoms with Crippen LogP contribution in [0.2, 0.25) is 15.1 Å². The molecule has 0 aliphatic rings. The molecular weight excluding hydrogens is 497 g/mol. The number of hydrogen-bond donors (Lipinski definition) is 1. The monoisotopic (exact) mass is 519 g/mol. The van der Waals surface area contributed by atoms with Gasteiger partial charge in [-0.25, -0.2) is 8.42 Å². The van der Waals surface area contributed by atoms with Crippen LogP contribution in [0.1, 0.15) is 19.4 Å². The van der Waals surface area contributed by atoms with Gasteiger partial charge in [0.1, 0.15) is 12.6 Å². The quantitative estimate of drug-likeness (QED) is 0.542. The van der Waals surface area contributed by atoms with E-state index in [2.05, 4.69) is 5.32 Å². The number of amides is 2. The van der Waals surface area contributed by atoms with Crippen molar-refractivity contribution in [3.8, 4) is 0 Å². The third-order valence-electron chi connectivity index (χ3n) is 4.68. The Balaban J connectivity index is 2.44. The molecule has 0 aromatic heterocycles. The van der Waals surface area contributed by atoms with Crippen molar-refractivity contribution in [2.75, 3.05) is 23.7 Å². The van der Waals surface area contributed by atoms with Gasteiger partial charge in [0.2, 0.25) is 21.8 Å². The Bertz CT molecular complexity index is 1080. The Hall–Kier alpha value is -2.00. The number of likely N-dealkylation sites (N-methyl/N-ethyl adjacent to an activating group) is 1. The number of hydrogen-bond acceptors (Lipinski definition) is 4. The van der Waals surface area contributed by atoms with Crippen molar-refractivity contribution in [3.63, 3.8) is 0 Å². The first kappa shape index (κ1) is 26.3. The molecule has 2 amide bonds. The largest absolute Gasteiger partial charge is 0.355 e. The normalized spacial score (nSPS) is 12.2. The van der Waals surface area contributed by atoms with Crippen molar-refractivity contribution < 1.29 is 18.0 Å². The lowest BCUT2D eigenvalue weighted by Gasteiger charge is -2.31. The number of carbonyl (C=O) groups is 2. The zero-order chi connectivity index (χ0) is 24.1. The first-order valence-corrected chi connectivity index (χ1v) is 12.7. The highest BCUT2D eigenvalue weighted by atomic mass is 35.5. The molecule has 7 nitrogen and oxygen atoms in total. The molecule has 0 heterocycles. The van der Waals surface area contributed by atoms with E-state index in [1.54, 1.807) is 44.2 Å². The second kappa shape index (κ2) is 11.2. The van der Waals surface area contributed by atoms with Crippen LogP contribution in [0.15, 0.2) is 42.5 Å². The van der Waals surface area contributed by atoms with E-state index in [0.29, 0.717) is 27.2 Å². The average Bonchev–Trinajstić information content (AvgIpc) is 2.70. The highest BCUT2D eigenvalue weighted by Gasteiger charge is 2.30. The summed E-state index contributed by atoms with van der Waals surface area (Å²) in [7, 11) is -3.83. The van der Waals surface area contributed by atoms with Crippen LogP contribution in [0.3, 0.4) is 0 Å². The number of rotatable bonds is 9. The van der Waals surface area contributed by atoms with E-state index in [-0.39, 0.29) is 12.2 Å². The van der Waals surface area contributed by atoms with Crippen molar-refractivity contribution in [1.82, 2.24) is 10.2 Å². The van der Waals surface area contributed by atoms with Gasteiger partial charge in [-0.2, -0.15) is 0 Å². The van der Waals surface area contributed by atoms with Gasteiger partial charge >= 0.3 is 0 Å². The lowest BCUT2D eigenvalue weighted by Crippen LogP contribution is -2.51. The van der Waals surface area contributed by atoms with E-state index in [4.69, 9.17) is 34.8 Å². The van der Waals surface area contributed by atoms with Crippen LogP contribution in [0.4, 0.5) is 5.69 Å². The molecule has 174 valence electrons. The van der Waals surface area contributed by atoms with Crippen molar-refractivity contribution in [1.29, 1.82) is 0 Å².